The molecule has 1 atom stereocenters. The van der Waals surface area contributed by atoms with Crippen molar-refractivity contribution >= 4 is 43.3 Å². The molecule has 1 aromatic heterocycles. The van der Waals surface area contributed by atoms with E-state index in [1.807, 2.05) is 0 Å². The Bertz CT molecular complexity index is 1410. The van der Waals surface area contributed by atoms with Crippen molar-refractivity contribution in [3.8, 4) is 11.3 Å². The van der Waals surface area contributed by atoms with Crippen molar-refractivity contribution in [2.45, 2.75) is 77.4 Å². The fourth-order valence-electron chi connectivity index (χ4n) is 3.77. The Kier molecular flexibility index (Phi) is 12.5. The average Bonchev–Trinajstić information content (AvgIpc) is 3.31. The summed E-state index contributed by atoms with van der Waals surface area (Å²) >= 11 is 0. The van der Waals surface area contributed by atoms with Crippen LogP contribution in [0.1, 0.15) is 39.1 Å². The van der Waals surface area contributed by atoms with Gasteiger partial charge in [0.15, 0.2) is 0 Å². The maximum atomic E-state index is 13.6. The smallest absolute Gasteiger partial charge is 0.440 e. The molecule has 248 valence electrons. The molecule has 0 spiro atoms. The predicted octanol–water partition coefficient (Wildman–Crippen LogP) is 6.90. The summed E-state index contributed by atoms with van der Waals surface area (Å²) in [5.41, 5.74) is -3.24. The molecule has 0 aliphatic heterocycles. The van der Waals surface area contributed by atoms with Crippen molar-refractivity contribution < 1.29 is 46.9 Å². The summed E-state index contributed by atoms with van der Waals surface area (Å²) in [6, 6.07) is 3.82. The molecule has 0 saturated heterocycles. The van der Waals surface area contributed by atoms with Crippen LogP contribution in [0.3, 0.4) is 0 Å². The van der Waals surface area contributed by atoms with Gasteiger partial charge in [-0.3, -0.25) is 5.32 Å². The lowest BCUT2D eigenvalue weighted by molar-refractivity contribution is -0.133. The van der Waals surface area contributed by atoms with Gasteiger partial charge in [0.1, 0.15) is 18.2 Å². The van der Waals surface area contributed by atoms with Gasteiger partial charge in [-0.1, -0.05) is 25.7 Å². The summed E-state index contributed by atoms with van der Waals surface area (Å²) < 4.78 is 58.3. The Morgan fingerprint density at radius 1 is 1.18 bits per heavy atom. The topological polar surface area (TPSA) is 153 Å². The van der Waals surface area contributed by atoms with Crippen molar-refractivity contribution in [3.63, 3.8) is 0 Å². The molecule has 0 radical (unpaired) electrons. The number of halogens is 3. The van der Waals surface area contributed by atoms with Crippen LogP contribution in [0.15, 0.2) is 42.0 Å². The van der Waals surface area contributed by atoms with E-state index in [2.05, 4.69) is 51.6 Å². The number of hydrogen-bond donors (Lipinski definition) is 3. The van der Waals surface area contributed by atoms with Gasteiger partial charge in [-0.2, -0.15) is 13.2 Å². The number of nitrogens with zero attached hydrogens (tertiary/aromatic N) is 3. The second-order valence-corrected chi connectivity index (χ2v) is 17.8. The van der Waals surface area contributed by atoms with Crippen molar-refractivity contribution in [2.75, 3.05) is 19.0 Å². The minimum absolute atomic E-state index is 0.00476. The number of imidazole rings is 1. The van der Waals surface area contributed by atoms with Crippen LogP contribution in [-0.2, 0) is 25.7 Å². The predicted molar refractivity (Wildman–Crippen MR) is 166 cm³/mol. The molecule has 0 aliphatic rings. The quantitative estimate of drug-likeness (QED) is 0.0912. The van der Waals surface area contributed by atoms with E-state index in [9.17, 15) is 32.7 Å². The Labute approximate surface area is 260 Å². The molecule has 1 aromatic carbocycles. The molecule has 45 heavy (non-hydrogen) atoms. The van der Waals surface area contributed by atoms with Gasteiger partial charge in [0.25, 0.3) is 0 Å². The molecule has 0 unspecified atom stereocenters. The molecule has 2 amide bonds. The minimum Gasteiger partial charge on any atom is -0.477 e. The number of alkyl halides is 3. The number of aromatic nitrogens is 2. The van der Waals surface area contributed by atoms with Crippen LogP contribution in [0, 0.1) is 0 Å². The first kappa shape index (κ1) is 37.0. The van der Waals surface area contributed by atoms with Crippen molar-refractivity contribution in [2.24, 2.45) is 4.99 Å². The van der Waals surface area contributed by atoms with Gasteiger partial charge in [-0.05, 0) is 51.4 Å². The lowest BCUT2D eigenvalue weighted by Crippen LogP contribution is -2.36. The zero-order chi connectivity index (χ0) is 34.2. The van der Waals surface area contributed by atoms with Gasteiger partial charge in [0.2, 0.25) is 5.71 Å². The summed E-state index contributed by atoms with van der Waals surface area (Å²) in [6.45, 7) is 15.8. The number of carbonyl (C=O) groups is 3. The zero-order valence-electron chi connectivity index (χ0n) is 26.4. The SMILES string of the molecule is C=CC[C@H](NC(=O)OC(C)(C)C)c1nc(-c2ccc(NC(=O)OC)cc2N=C(C(=O)O)C(F)(F)F)cn1COCC[Si](C)(C)C. The maximum Gasteiger partial charge on any atom is 0.440 e. The highest BCUT2D eigenvalue weighted by atomic mass is 28.3. The van der Waals surface area contributed by atoms with E-state index in [4.69, 9.17) is 9.47 Å². The number of carboxylic acid groups (broad SMARTS) is 1. The first-order valence-corrected chi connectivity index (χ1v) is 17.6. The number of benzene rings is 1. The largest absolute Gasteiger partial charge is 0.477 e. The number of ether oxygens (including phenoxy) is 3. The number of carboxylic acids is 1. The molecule has 3 N–H and O–H groups in total. The van der Waals surface area contributed by atoms with Crippen LogP contribution >= 0.6 is 0 Å². The van der Waals surface area contributed by atoms with Crippen LogP contribution in [0.25, 0.3) is 11.3 Å². The number of aliphatic imine (C=N–C) groups is 1. The van der Waals surface area contributed by atoms with E-state index >= 15 is 0 Å². The van der Waals surface area contributed by atoms with Gasteiger partial charge >= 0.3 is 24.3 Å². The van der Waals surface area contributed by atoms with Gasteiger partial charge in [-0.25, -0.2) is 24.4 Å². The Morgan fingerprint density at radius 2 is 1.84 bits per heavy atom. The summed E-state index contributed by atoms with van der Waals surface area (Å²) in [7, 11) is -0.337. The summed E-state index contributed by atoms with van der Waals surface area (Å²) in [5.74, 6) is -2.03. The number of anilines is 1. The van der Waals surface area contributed by atoms with Crippen LogP contribution in [0.4, 0.5) is 34.1 Å². The van der Waals surface area contributed by atoms with Crippen LogP contribution in [-0.4, -0.2) is 72.1 Å². The number of alkyl carbamates (subject to hydrolysis) is 1. The minimum atomic E-state index is -5.30. The molecule has 0 saturated carbocycles. The normalized spacial score (nSPS) is 13.2. The number of hydrogen-bond acceptors (Lipinski definition) is 8. The Morgan fingerprint density at radius 3 is 2.38 bits per heavy atom. The van der Waals surface area contributed by atoms with Gasteiger partial charge in [0.05, 0.1) is 24.5 Å². The molecule has 0 fully saturated rings. The van der Waals surface area contributed by atoms with Crippen molar-refractivity contribution in [1.82, 2.24) is 14.9 Å². The molecular formula is C29H40F3N5O7Si. The Balaban J connectivity index is 2.73. The Hall–Kier alpha value is -4.18. The number of nitrogens with one attached hydrogen (secondary N) is 2. The third kappa shape index (κ3) is 12.0. The van der Waals surface area contributed by atoms with E-state index in [1.165, 1.54) is 18.3 Å². The molecule has 2 aromatic rings. The first-order valence-electron chi connectivity index (χ1n) is 13.9. The van der Waals surface area contributed by atoms with E-state index in [1.54, 1.807) is 31.4 Å². The average molecular weight is 656 g/mol. The van der Waals surface area contributed by atoms with Crippen molar-refractivity contribution in [3.05, 3.63) is 42.9 Å². The third-order valence-electron chi connectivity index (χ3n) is 5.85. The molecule has 1 heterocycles. The fourth-order valence-corrected chi connectivity index (χ4v) is 4.53. The summed E-state index contributed by atoms with van der Waals surface area (Å²) in [4.78, 5) is 44.0. The number of carbonyl (C=O) groups excluding carboxylic acids is 2. The van der Waals surface area contributed by atoms with Crippen LogP contribution < -0.4 is 10.6 Å². The second-order valence-electron chi connectivity index (χ2n) is 12.1. The van der Waals surface area contributed by atoms with Crippen LogP contribution in [0.2, 0.25) is 25.7 Å². The number of aliphatic carboxylic acids is 1. The zero-order valence-corrected chi connectivity index (χ0v) is 27.4. The molecule has 16 heteroatoms. The lowest BCUT2D eigenvalue weighted by atomic mass is 10.1. The van der Waals surface area contributed by atoms with Gasteiger partial charge < -0.3 is 29.2 Å². The van der Waals surface area contributed by atoms with Crippen molar-refractivity contribution in [1.29, 1.82) is 0 Å². The molecule has 2 rings (SSSR count). The molecular weight excluding hydrogens is 615 g/mol. The molecule has 12 nitrogen and oxygen atoms in total. The third-order valence-corrected chi connectivity index (χ3v) is 7.55. The molecule has 0 aliphatic carbocycles. The fraction of sp³-hybridized carbons (Fsp3) is 0.483. The van der Waals surface area contributed by atoms with Gasteiger partial charge in [0, 0.05) is 32.1 Å². The van der Waals surface area contributed by atoms with E-state index < -0.39 is 55.4 Å². The van der Waals surface area contributed by atoms with Crippen LogP contribution in [0.5, 0.6) is 0 Å². The highest BCUT2D eigenvalue weighted by Crippen LogP contribution is 2.35. The number of amides is 2. The first-order chi connectivity index (χ1) is 20.7. The second kappa shape index (κ2) is 15.2. The number of rotatable bonds is 13. The van der Waals surface area contributed by atoms with E-state index in [0.29, 0.717) is 6.61 Å². The maximum absolute atomic E-state index is 13.6. The summed E-state index contributed by atoms with van der Waals surface area (Å²) in [5, 5.41) is 14.3. The molecule has 0 bridgehead atoms. The van der Waals surface area contributed by atoms with E-state index in [0.717, 1.165) is 19.2 Å². The highest BCUT2D eigenvalue weighted by Gasteiger charge is 2.41. The monoisotopic (exact) mass is 655 g/mol. The highest BCUT2D eigenvalue weighted by molar-refractivity contribution is 6.76. The number of methoxy groups -OCH3 is 1. The van der Waals surface area contributed by atoms with E-state index in [-0.39, 0.29) is 35.9 Å². The summed E-state index contributed by atoms with van der Waals surface area (Å²) in [6.07, 6.45) is -3.69. The van der Waals surface area contributed by atoms with Gasteiger partial charge in [-0.15, -0.1) is 6.58 Å². The standard InChI is InChI=1S/C29H40F3N5O7Si/c1-9-10-20(36-27(41)44-28(2,3)4)24-35-22(16-37(24)17-43-13-14-45(6,7)8)19-12-11-18(33-26(40)42-5)15-21(19)34-23(25(38)39)29(30,31)32/h9,11-12,15-16,20H,1,10,13-14,17H2,2-8H3,(H,33,40)(H,36,41)(H,38,39)/t20-/m0/s1. The lowest BCUT2D eigenvalue weighted by Gasteiger charge is -2.23.